The maximum Gasteiger partial charge on any atom is 0.276 e. The van der Waals surface area contributed by atoms with Crippen molar-refractivity contribution in [3.05, 3.63) is 42.2 Å². The summed E-state index contributed by atoms with van der Waals surface area (Å²) in [5.74, 6) is 1.99. The molecule has 0 atom stereocenters. The highest BCUT2D eigenvalue weighted by molar-refractivity contribution is 7.98. The highest BCUT2D eigenvalue weighted by Crippen LogP contribution is 2.32. The quantitative estimate of drug-likeness (QED) is 0.745. The summed E-state index contributed by atoms with van der Waals surface area (Å²) in [6, 6.07) is 11.0. The third kappa shape index (κ3) is 3.57. The van der Waals surface area contributed by atoms with Gasteiger partial charge in [0.15, 0.2) is 0 Å². The van der Waals surface area contributed by atoms with Gasteiger partial charge in [0.2, 0.25) is 5.09 Å². The first-order chi connectivity index (χ1) is 11.1. The topological polar surface area (TPSA) is 59.8 Å². The Balaban J connectivity index is 1.70. The monoisotopic (exact) mass is 353 g/mol. The normalized spacial score (nSPS) is 15.9. The summed E-state index contributed by atoms with van der Waals surface area (Å²) in [6.07, 6.45) is 1.83. The van der Waals surface area contributed by atoms with Gasteiger partial charge in [-0.3, -0.25) is 0 Å². The van der Waals surface area contributed by atoms with E-state index in [1.165, 1.54) is 4.31 Å². The minimum atomic E-state index is -3.48. The Morgan fingerprint density at radius 2 is 1.91 bits per heavy atom. The third-order valence-electron chi connectivity index (χ3n) is 3.74. The van der Waals surface area contributed by atoms with Crippen molar-refractivity contribution in [3.8, 4) is 5.75 Å². The maximum atomic E-state index is 12.4. The Labute approximate surface area is 140 Å². The van der Waals surface area contributed by atoms with Crippen LogP contribution in [0.15, 0.2) is 50.8 Å². The summed E-state index contributed by atoms with van der Waals surface area (Å²) in [7, 11) is -1.85. The predicted octanol–water partition coefficient (Wildman–Crippen LogP) is 3.37. The molecule has 1 aromatic heterocycles. The van der Waals surface area contributed by atoms with Crippen LogP contribution in [0.5, 0.6) is 5.75 Å². The van der Waals surface area contributed by atoms with Gasteiger partial charge in [-0.05, 0) is 37.1 Å². The number of thioether (sulfide) groups is 1. The molecule has 1 aliphatic rings. The molecule has 0 radical (unpaired) electrons. The van der Waals surface area contributed by atoms with E-state index in [1.54, 1.807) is 31.0 Å². The summed E-state index contributed by atoms with van der Waals surface area (Å²) < 4.78 is 37.2. The van der Waals surface area contributed by atoms with Gasteiger partial charge in [0.05, 0.1) is 12.9 Å². The number of sulfonamides is 1. The van der Waals surface area contributed by atoms with Crippen LogP contribution in [0.3, 0.4) is 0 Å². The second-order valence-corrected chi connectivity index (χ2v) is 8.16. The zero-order valence-electron chi connectivity index (χ0n) is 12.9. The second-order valence-electron chi connectivity index (χ2n) is 5.27. The summed E-state index contributed by atoms with van der Waals surface area (Å²) in [6.45, 7) is 1.16. The molecule has 0 aliphatic carbocycles. The lowest BCUT2D eigenvalue weighted by atomic mass is 10.3. The highest BCUT2D eigenvalue weighted by Gasteiger charge is 2.29. The number of furan rings is 1. The molecular weight excluding hydrogens is 334 g/mol. The number of rotatable bonds is 6. The standard InChI is InChI=1S/C16H19NO4S2/c1-20-14-6-2-3-7-15(14)22-12-13-8-9-16(21-13)23(18,19)17-10-4-5-11-17/h2-3,6-9H,4-5,10-12H2,1H3. The van der Waals surface area contributed by atoms with Crippen LogP contribution in [0.2, 0.25) is 0 Å². The number of ether oxygens (including phenoxy) is 1. The molecule has 3 rings (SSSR count). The van der Waals surface area contributed by atoms with E-state index < -0.39 is 10.0 Å². The van der Waals surface area contributed by atoms with Crippen LogP contribution < -0.4 is 4.74 Å². The Morgan fingerprint density at radius 3 is 2.65 bits per heavy atom. The lowest BCUT2D eigenvalue weighted by Gasteiger charge is -2.12. The van der Waals surface area contributed by atoms with Gasteiger partial charge in [0, 0.05) is 18.0 Å². The summed E-state index contributed by atoms with van der Waals surface area (Å²) >= 11 is 1.55. The van der Waals surface area contributed by atoms with Gasteiger partial charge in [-0.1, -0.05) is 12.1 Å². The van der Waals surface area contributed by atoms with Crippen LogP contribution >= 0.6 is 11.8 Å². The van der Waals surface area contributed by atoms with Crippen molar-refractivity contribution in [1.82, 2.24) is 4.31 Å². The lowest BCUT2D eigenvalue weighted by molar-refractivity contribution is 0.396. The molecule has 1 fully saturated rings. The first kappa shape index (κ1) is 16.4. The molecule has 0 N–H and O–H groups in total. The van der Waals surface area contributed by atoms with Gasteiger partial charge in [-0.15, -0.1) is 11.8 Å². The Hall–Kier alpha value is -1.44. The number of methoxy groups -OCH3 is 1. The van der Waals surface area contributed by atoms with E-state index in [4.69, 9.17) is 9.15 Å². The largest absolute Gasteiger partial charge is 0.496 e. The van der Waals surface area contributed by atoms with Gasteiger partial charge >= 0.3 is 0 Å². The van der Waals surface area contributed by atoms with Crippen molar-refractivity contribution in [1.29, 1.82) is 0 Å². The predicted molar refractivity (Wildman–Crippen MR) is 89.3 cm³/mol. The summed E-state index contributed by atoms with van der Waals surface area (Å²) in [5.41, 5.74) is 0. The minimum Gasteiger partial charge on any atom is -0.496 e. The van der Waals surface area contributed by atoms with E-state index in [2.05, 4.69) is 0 Å². The SMILES string of the molecule is COc1ccccc1SCc1ccc(S(=O)(=O)N2CCCC2)o1. The molecule has 0 bridgehead atoms. The smallest absolute Gasteiger partial charge is 0.276 e. The van der Waals surface area contributed by atoms with Gasteiger partial charge in [0.1, 0.15) is 11.5 Å². The fourth-order valence-electron chi connectivity index (χ4n) is 2.52. The van der Waals surface area contributed by atoms with E-state index >= 15 is 0 Å². The zero-order valence-corrected chi connectivity index (χ0v) is 14.5. The molecule has 23 heavy (non-hydrogen) atoms. The fraction of sp³-hybridized carbons (Fsp3) is 0.375. The van der Waals surface area contributed by atoms with Crippen LogP contribution in [0.25, 0.3) is 0 Å². The van der Waals surface area contributed by atoms with Gasteiger partial charge in [-0.25, -0.2) is 8.42 Å². The first-order valence-electron chi connectivity index (χ1n) is 7.46. The summed E-state index contributed by atoms with van der Waals surface area (Å²) in [4.78, 5) is 0.996. The molecule has 124 valence electrons. The van der Waals surface area contributed by atoms with Crippen molar-refractivity contribution >= 4 is 21.8 Å². The molecule has 5 nitrogen and oxygen atoms in total. The van der Waals surface area contributed by atoms with Crippen LogP contribution in [-0.4, -0.2) is 32.9 Å². The van der Waals surface area contributed by atoms with Crippen molar-refractivity contribution in [2.75, 3.05) is 20.2 Å². The van der Waals surface area contributed by atoms with Crippen molar-refractivity contribution < 1.29 is 17.6 Å². The van der Waals surface area contributed by atoms with E-state index in [1.807, 2.05) is 24.3 Å². The second kappa shape index (κ2) is 6.98. The van der Waals surface area contributed by atoms with Crippen molar-refractivity contribution in [2.45, 2.75) is 28.6 Å². The van der Waals surface area contributed by atoms with Gasteiger partial charge in [0.25, 0.3) is 10.0 Å². The fourth-order valence-corrected chi connectivity index (χ4v) is 4.88. The van der Waals surface area contributed by atoms with Gasteiger partial charge in [-0.2, -0.15) is 4.31 Å². The number of para-hydroxylation sites is 1. The molecule has 1 aliphatic heterocycles. The molecule has 1 saturated heterocycles. The average molecular weight is 353 g/mol. The first-order valence-corrected chi connectivity index (χ1v) is 9.88. The van der Waals surface area contributed by atoms with Crippen LogP contribution in [0, 0.1) is 0 Å². The Morgan fingerprint density at radius 1 is 1.17 bits per heavy atom. The minimum absolute atomic E-state index is 0.0371. The number of benzene rings is 1. The summed E-state index contributed by atoms with van der Waals surface area (Å²) in [5, 5.41) is 0.0371. The zero-order chi connectivity index (χ0) is 16.3. The van der Waals surface area contributed by atoms with Gasteiger partial charge < -0.3 is 9.15 Å². The molecule has 0 amide bonds. The van der Waals surface area contributed by atoms with Crippen molar-refractivity contribution in [2.24, 2.45) is 0 Å². The Kier molecular flexibility index (Phi) is 4.99. The number of hydrogen-bond acceptors (Lipinski definition) is 5. The highest BCUT2D eigenvalue weighted by atomic mass is 32.2. The average Bonchev–Trinajstić information content (AvgIpc) is 3.25. The molecule has 1 aromatic carbocycles. The van der Waals surface area contributed by atoms with Crippen LogP contribution in [-0.2, 0) is 15.8 Å². The van der Waals surface area contributed by atoms with E-state index in [0.29, 0.717) is 24.6 Å². The Bertz CT molecular complexity index is 764. The molecule has 7 heteroatoms. The third-order valence-corrected chi connectivity index (χ3v) is 6.59. The molecule has 2 heterocycles. The van der Waals surface area contributed by atoms with E-state index in [-0.39, 0.29) is 5.09 Å². The number of hydrogen-bond donors (Lipinski definition) is 0. The maximum absolute atomic E-state index is 12.4. The molecular formula is C16H19NO4S2. The molecule has 0 unspecified atom stereocenters. The van der Waals surface area contributed by atoms with Crippen LogP contribution in [0.4, 0.5) is 0 Å². The van der Waals surface area contributed by atoms with Crippen molar-refractivity contribution in [3.63, 3.8) is 0 Å². The van der Waals surface area contributed by atoms with Crippen LogP contribution in [0.1, 0.15) is 18.6 Å². The molecule has 2 aromatic rings. The molecule has 0 spiro atoms. The lowest BCUT2D eigenvalue weighted by Crippen LogP contribution is -2.27. The van der Waals surface area contributed by atoms with E-state index in [9.17, 15) is 8.42 Å². The molecule has 0 saturated carbocycles. The van der Waals surface area contributed by atoms with E-state index in [0.717, 1.165) is 23.5 Å². The number of nitrogens with zero attached hydrogens (tertiary/aromatic N) is 1.